The number of rotatable bonds is 8. The van der Waals surface area contributed by atoms with E-state index in [0.29, 0.717) is 0 Å². The van der Waals surface area contributed by atoms with Crippen LogP contribution >= 0.6 is 0 Å². The number of epoxide rings is 1. The summed E-state index contributed by atoms with van der Waals surface area (Å²) in [5.74, 6) is -10.7. The second-order valence-corrected chi connectivity index (χ2v) is 16.0. The molecule has 6 rings (SSSR count). The van der Waals surface area contributed by atoms with E-state index >= 15 is 9.59 Å². The Kier molecular flexibility index (Phi) is 12.0. The SMILES string of the molecule is C=C1[C@H](OC(=O)c2ccccc2)[C@H]2[C@@H](OC(C)=O)[C@](C)(O)[C@H](O)[C@]2(OC(C)=O)C(=O)[C@@H](C)[C@@H]2O[C@H]2C(C)(C)C(=O)[C@H](OC(=O)c2ccccc2)[C@H]1OC(=O)c1ccccc1. The average molecular weight is 827 g/mol. The molecule has 1 aliphatic heterocycles. The third kappa shape index (κ3) is 7.87. The Bertz CT molecular complexity index is 2180. The van der Waals surface area contributed by atoms with Crippen LogP contribution in [0, 0.1) is 17.3 Å². The van der Waals surface area contributed by atoms with Crippen LogP contribution in [0.3, 0.4) is 0 Å². The van der Waals surface area contributed by atoms with Crippen molar-refractivity contribution < 1.29 is 72.2 Å². The molecule has 2 N–H and O–H groups in total. The highest BCUT2D eigenvalue weighted by molar-refractivity contribution is 5.98. The van der Waals surface area contributed by atoms with Crippen LogP contribution < -0.4 is 0 Å². The minimum atomic E-state index is -2.92. The third-order valence-corrected chi connectivity index (χ3v) is 11.4. The van der Waals surface area contributed by atoms with E-state index in [0.717, 1.165) is 20.8 Å². The fourth-order valence-electron chi connectivity index (χ4n) is 8.32. The number of hydrogen-bond donors (Lipinski definition) is 2. The number of ketones is 2. The normalized spacial score (nSPS) is 32.1. The van der Waals surface area contributed by atoms with Gasteiger partial charge in [-0.25, -0.2) is 14.4 Å². The van der Waals surface area contributed by atoms with Gasteiger partial charge in [0, 0.05) is 25.3 Å². The molecule has 1 heterocycles. The van der Waals surface area contributed by atoms with Crippen LogP contribution in [0.4, 0.5) is 0 Å². The summed E-state index contributed by atoms with van der Waals surface area (Å²) in [6, 6.07) is 22.5. The molecule has 0 amide bonds. The van der Waals surface area contributed by atoms with Gasteiger partial charge in [-0.3, -0.25) is 19.2 Å². The predicted molar refractivity (Wildman–Crippen MR) is 208 cm³/mol. The molecule has 2 saturated carbocycles. The zero-order valence-electron chi connectivity index (χ0n) is 33.8. The molecule has 0 bridgehead atoms. The fourth-order valence-corrected chi connectivity index (χ4v) is 8.32. The Labute approximate surface area is 345 Å². The first kappa shape index (κ1) is 43.5. The first-order chi connectivity index (χ1) is 28.2. The van der Waals surface area contributed by atoms with Gasteiger partial charge in [-0.1, -0.05) is 81.9 Å². The van der Waals surface area contributed by atoms with Crippen LogP contribution in [0.15, 0.2) is 103 Å². The van der Waals surface area contributed by atoms with Gasteiger partial charge in [0.05, 0.1) is 40.2 Å². The number of hydrogen-bond acceptors (Lipinski definition) is 15. The molecule has 15 nitrogen and oxygen atoms in total. The van der Waals surface area contributed by atoms with E-state index in [1.54, 1.807) is 30.3 Å². The van der Waals surface area contributed by atoms with Gasteiger partial charge >= 0.3 is 29.8 Å². The lowest BCUT2D eigenvalue weighted by molar-refractivity contribution is -0.196. The van der Waals surface area contributed by atoms with Crippen molar-refractivity contribution in [2.75, 3.05) is 0 Å². The Balaban J connectivity index is 1.67. The zero-order valence-corrected chi connectivity index (χ0v) is 33.8. The van der Waals surface area contributed by atoms with Gasteiger partial charge in [-0.2, -0.15) is 0 Å². The van der Waals surface area contributed by atoms with Gasteiger partial charge in [-0.15, -0.1) is 0 Å². The third-order valence-electron chi connectivity index (χ3n) is 11.4. The van der Waals surface area contributed by atoms with Crippen molar-refractivity contribution in [3.05, 3.63) is 120 Å². The summed E-state index contributed by atoms with van der Waals surface area (Å²) in [4.78, 5) is 98.6. The number of carbonyl (C=O) groups is 7. The van der Waals surface area contributed by atoms with Gasteiger partial charge in [0.1, 0.15) is 23.9 Å². The minimum Gasteiger partial charge on any atom is -0.459 e. The highest BCUT2D eigenvalue weighted by Crippen LogP contribution is 2.55. The summed E-state index contributed by atoms with van der Waals surface area (Å²) in [7, 11) is 0. The molecule has 60 heavy (non-hydrogen) atoms. The highest BCUT2D eigenvalue weighted by atomic mass is 16.6. The number of Topliss-reactive ketones (excluding diaryl/α,β-unsaturated/α-hetero) is 2. The van der Waals surface area contributed by atoms with Gasteiger partial charge in [0.25, 0.3) is 0 Å². The highest BCUT2D eigenvalue weighted by Gasteiger charge is 2.77. The zero-order chi connectivity index (χ0) is 43.9. The van der Waals surface area contributed by atoms with E-state index < -0.39 is 118 Å². The summed E-state index contributed by atoms with van der Waals surface area (Å²) >= 11 is 0. The van der Waals surface area contributed by atoms with Gasteiger partial charge < -0.3 is 38.6 Å². The van der Waals surface area contributed by atoms with Crippen molar-refractivity contribution in [1.82, 2.24) is 0 Å². The van der Waals surface area contributed by atoms with E-state index in [1.165, 1.54) is 81.4 Å². The van der Waals surface area contributed by atoms with E-state index in [1.807, 2.05) is 0 Å². The molecule has 0 aromatic heterocycles. The maximum atomic E-state index is 15.2. The molecule has 3 aliphatic rings. The smallest absolute Gasteiger partial charge is 0.338 e. The number of carbonyl (C=O) groups excluding carboxylic acids is 7. The van der Waals surface area contributed by atoms with E-state index in [9.17, 15) is 34.2 Å². The number of aliphatic hydroxyl groups is 2. The molecule has 3 aromatic rings. The lowest BCUT2D eigenvalue weighted by Crippen LogP contribution is -2.63. The molecule has 3 aromatic carbocycles. The fraction of sp³-hybridized carbons (Fsp3) is 0.400. The quantitative estimate of drug-likeness (QED) is 0.143. The van der Waals surface area contributed by atoms with Crippen molar-refractivity contribution in [2.24, 2.45) is 17.3 Å². The van der Waals surface area contributed by atoms with Crippen molar-refractivity contribution in [3.63, 3.8) is 0 Å². The molecule has 316 valence electrons. The molecule has 2 aliphatic carbocycles. The average Bonchev–Trinajstić information content (AvgIpc) is 4.02. The molecule has 0 radical (unpaired) electrons. The summed E-state index contributed by atoms with van der Waals surface area (Å²) in [5.41, 5.74) is -7.87. The maximum Gasteiger partial charge on any atom is 0.338 e. The molecule has 3 fully saturated rings. The van der Waals surface area contributed by atoms with E-state index in [4.69, 9.17) is 28.4 Å². The Morgan fingerprint density at radius 1 is 0.650 bits per heavy atom. The molecule has 1 saturated heterocycles. The number of ether oxygens (including phenoxy) is 6. The monoisotopic (exact) mass is 826 g/mol. The molecule has 0 spiro atoms. The Hall–Kier alpha value is -6.03. The second-order valence-electron chi connectivity index (χ2n) is 16.0. The van der Waals surface area contributed by atoms with Gasteiger partial charge in [0.2, 0.25) is 11.7 Å². The molecule has 0 unspecified atom stereocenters. The maximum absolute atomic E-state index is 15.2. The van der Waals surface area contributed by atoms with Crippen LogP contribution in [0.25, 0.3) is 0 Å². The minimum absolute atomic E-state index is 0.00134. The molecule has 15 heteroatoms. The lowest BCUT2D eigenvalue weighted by atomic mass is 9.70. The van der Waals surface area contributed by atoms with Gasteiger partial charge in [0.15, 0.2) is 17.7 Å². The topological polar surface area (TPSA) is 219 Å². The summed E-state index contributed by atoms with van der Waals surface area (Å²) in [6.45, 7) is 11.4. The number of benzene rings is 3. The van der Waals surface area contributed by atoms with Crippen molar-refractivity contribution in [1.29, 1.82) is 0 Å². The van der Waals surface area contributed by atoms with Crippen LogP contribution in [0.1, 0.15) is 72.6 Å². The summed E-state index contributed by atoms with van der Waals surface area (Å²) in [6.07, 6.45) is -13.0. The second kappa shape index (κ2) is 16.6. The summed E-state index contributed by atoms with van der Waals surface area (Å²) < 4.78 is 35.8. The number of esters is 5. The molecular formula is C45H46O15. The molecular weight excluding hydrogens is 780 g/mol. The standard InChI is InChI=1S/C45H46O15/c1-23-31(57-39(50)27-17-11-8-12-18-27)30-37(55-25(3)46)44(7,54)42(53)45(30,60-26(4)47)35(48)24(2)33-38(56-33)43(5,6)36(49)34(59-41(52)29-21-15-10-16-22-29)32(23)58-40(51)28-19-13-9-14-20-28/h8-22,24,30-34,37-38,42,53-54H,1H2,2-7H3/t24-,30-,31-,32-,33-,34+,37+,38+,42-,44-,45+/m0/s1. The Morgan fingerprint density at radius 2 is 1.08 bits per heavy atom. The lowest BCUT2D eigenvalue weighted by Gasteiger charge is -2.43. The number of aliphatic hydroxyl groups excluding tert-OH is 1. The van der Waals surface area contributed by atoms with Crippen LogP contribution in [-0.2, 0) is 47.6 Å². The first-order valence-corrected chi connectivity index (χ1v) is 19.2. The molecule has 11 atom stereocenters. The van der Waals surface area contributed by atoms with E-state index in [2.05, 4.69) is 6.58 Å². The van der Waals surface area contributed by atoms with Crippen molar-refractivity contribution >= 4 is 41.4 Å². The number of fused-ring (bicyclic) bond motifs is 2. The largest absolute Gasteiger partial charge is 0.459 e. The summed E-state index contributed by atoms with van der Waals surface area (Å²) in [5, 5.41) is 24.4. The van der Waals surface area contributed by atoms with E-state index in [-0.39, 0.29) is 16.7 Å². The Morgan fingerprint density at radius 3 is 1.52 bits per heavy atom. The van der Waals surface area contributed by atoms with Crippen molar-refractivity contribution in [3.8, 4) is 0 Å². The van der Waals surface area contributed by atoms with Gasteiger partial charge in [-0.05, 0) is 43.3 Å². The predicted octanol–water partition coefficient (Wildman–Crippen LogP) is 3.78. The first-order valence-electron chi connectivity index (χ1n) is 19.2. The van der Waals surface area contributed by atoms with Crippen LogP contribution in [-0.4, -0.2) is 106 Å². The van der Waals surface area contributed by atoms with Crippen molar-refractivity contribution in [2.45, 2.75) is 95.5 Å². The van der Waals surface area contributed by atoms with Crippen LogP contribution in [0.5, 0.6) is 0 Å². The van der Waals surface area contributed by atoms with Crippen LogP contribution in [0.2, 0.25) is 0 Å².